The lowest BCUT2D eigenvalue weighted by Gasteiger charge is -2.06. The van der Waals surface area contributed by atoms with E-state index in [0.717, 1.165) is 25.7 Å². The zero-order valence-electron chi connectivity index (χ0n) is 10.6. The summed E-state index contributed by atoms with van der Waals surface area (Å²) in [6.45, 7) is 5.78. The van der Waals surface area contributed by atoms with Gasteiger partial charge in [0.1, 0.15) is 12.7 Å². The zero-order valence-corrected chi connectivity index (χ0v) is 10.6. The second-order valence-electron chi connectivity index (χ2n) is 4.25. The number of cyclic esters (lactones) is 2. The van der Waals surface area contributed by atoms with E-state index in [0.29, 0.717) is 18.8 Å². The summed E-state index contributed by atoms with van der Waals surface area (Å²) < 4.78 is 14.5. The van der Waals surface area contributed by atoms with Gasteiger partial charge in [-0.3, -0.25) is 0 Å². The number of ether oxygens (including phenoxy) is 3. The maximum atomic E-state index is 11.0. The van der Waals surface area contributed by atoms with Crippen LogP contribution in [-0.4, -0.2) is 31.4 Å². The molecule has 101 valence electrons. The fourth-order valence-electron chi connectivity index (χ4n) is 1.51. The van der Waals surface area contributed by atoms with E-state index in [-0.39, 0.29) is 12.1 Å². The number of esters is 1. The van der Waals surface area contributed by atoms with Gasteiger partial charge in [0.15, 0.2) is 0 Å². The molecule has 1 unspecified atom stereocenters. The third kappa shape index (κ3) is 5.70. The average Bonchev–Trinajstić information content (AvgIpc) is 2.73. The molecule has 0 saturated carbocycles. The molecule has 0 aromatic rings. The van der Waals surface area contributed by atoms with Gasteiger partial charge < -0.3 is 14.2 Å². The number of carbonyl (C=O) groups is 2. The van der Waals surface area contributed by atoms with E-state index in [4.69, 9.17) is 9.47 Å². The van der Waals surface area contributed by atoms with Gasteiger partial charge in [-0.1, -0.05) is 13.0 Å². The maximum absolute atomic E-state index is 11.0. The molecule has 0 amide bonds. The molecule has 18 heavy (non-hydrogen) atoms. The maximum Gasteiger partial charge on any atom is 0.508 e. The van der Waals surface area contributed by atoms with Crippen LogP contribution in [0.5, 0.6) is 0 Å². The Labute approximate surface area is 107 Å². The lowest BCUT2D eigenvalue weighted by molar-refractivity contribution is -0.138. The second-order valence-corrected chi connectivity index (χ2v) is 4.25. The van der Waals surface area contributed by atoms with Crippen molar-refractivity contribution in [3.63, 3.8) is 0 Å². The summed E-state index contributed by atoms with van der Waals surface area (Å²) in [7, 11) is 0. The normalized spacial score (nSPS) is 18.1. The van der Waals surface area contributed by atoms with Crippen LogP contribution in [0, 0.1) is 6.42 Å². The quantitative estimate of drug-likeness (QED) is 0.378. The largest absolute Gasteiger partial charge is 0.508 e. The summed E-state index contributed by atoms with van der Waals surface area (Å²) in [5.41, 5.74) is 0.409. The van der Waals surface area contributed by atoms with Crippen LogP contribution < -0.4 is 0 Å². The van der Waals surface area contributed by atoms with E-state index in [1.54, 1.807) is 6.92 Å². The first-order valence-electron chi connectivity index (χ1n) is 6.07. The van der Waals surface area contributed by atoms with Gasteiger partial charge in [0.05, 0.1) is 6.61 Å². The minimum absolute atomic E-state index is 0.0984. The van der Waals surface area contributed by atoms with Crippen LogP contribution in [0.15, 0.2) is 12.2 Å². The van der Waals surface area contributed by atoms with Gasteiger partial charge in [-0.2, -0.15) is 0 Å². The van der Waals surface area contributed by atoms with E-state index < -0.39 is 6.16 Å². The van der Waals surface area contributed by atoms with E-state index in [1.807, 2.05) is 6.42 Å². The molecule has 1 fully saturated rings. The first-order valence-corrected chi connectivity index (χ1v) is 6.07. The zero-order chi connectivity index (χ0) is 13.4. The molecule has 0 N–H and O–H groups in total. The predicted molar refractivity (Wildman–Crippen MR) is 64.8 cm³/mol. The molecule has 1 saturated heterocycles. The molecule has 0 aromatic carbocycles. The molecule has 0 aliphatic carbocycles. The number of rotatable bonds is 8. The Morgan fingerprint density at radius 3 is 2.94 bits per heavy atom. The van der Waals surface area contributed by atoms with Crippen LogP contribution in [0.2, 0.25) is 0 Å². The van der Waals surface area contributed by atoms with Gasteiger partial charge >= 0.3 is 12.1 Å². The lowest BCUT2D eigenvalue weighted by atomic mass is 10.1. The molecule has 5 heteroatoms. The fraction of sp³-hybridized carbons (Fsp3) is 0.615. The van der Waals surface area contributed by atoms with Crippen molar-refractivity contribution < 1.29 is 23.8 Å². The summed E-state index contributed by atoms with van der Waals surface area (Å²) >= 11 is 0. The van der Waals surface area contributed by atoms with Crippen LogP contribution >= 0.6 is 0 Å². The van der Waals surface area contributed by atoms with Gasteiger partial charge in [-0.25, -0.2) is 9.59 Å². The fourth-order valence-corrected chi connectivity index (χ4v) is 1.51. The number of hydrogen-bond acceptors (Lipinski definition) is 5. The van der Waals surface area contributed by atoms with E-state index in [2.05, 4.69) is 11.3 Å². The summed E-state index contributed by atoms with van der Waals surface area (Å²) in [6.07, 6.45) is 4.84. The average molecular weight is 255 g/mol. The summed E-state index contributed by atoms with van der Waals surface area (Å²) in [5.74, 6) is -0.360. The standard InChI is InChI=1S/C13H19O5/c1-10(2)12(14)16-8-6-4-3-5-7-11-9-17-13(15)18-11/h6,11H,1,3-5,7-9H2,2H3. The summed E-state index contributed by atoms with van der Waals surface area (Å²) in [4.78, 5) is 21.7. The van der Waals surface area contributed by atoms with Crippen LogP contribution in [0.25, 0.3) is 0 Å². The topological polar surface area (TPSA) is 61.8 Å². The molecule has 1 heterocycles. The van der Waals surface area contributed by atoms with Gasteiger partial charge in [-0.15, -0.1) is 0 Å². The Morgan fingerprint density at radius 1 is 1.56 bits per heavy atom. The molecule has 1 aliphatic heterocycles. The first-order chi connectivity index (χ1) is 8.59. The second kappa shape index (κ2) is 7.74. The third-order valence-corrected chi connectivity index (χ3v) is 2.52. The molecule has 0 bridgehead atoms. The Bertz CT molecular complexity index is 311. The molecule has 0 aromatic heterocycles. The highest BCUT2D eigenvalue weighted by Gasteiger charge is 2.23. The molecular weight excluding hydrogens is 236 g/mol. The highest BCUT2D eigenvalue weighted by molar-refractivity contribution is 5.86. The minimum atomic E-state index is -0.571. The van der Waals surface area contributed by atoms with Gasteiger partial charge in [0.2, 0.25) is 0 Å². The molecular formula is C13H19O5. The molecule has 5 nitrogen and oxygen atoms in total. The molecule has 1 atom stereocenters. The highest BCUT2D eigenvalue weighted by Crippen LogP contribution is 2.14. The van der Waals surface area contributed by atoms with Crippen molar-refractivity contribution in [1.82, 2.24) is 0 Å². The molecule has 0 spiro atoms. The van der Waals surface area contributed by atoms with Crippen LogP contribution in [0.4, 0.5) is 4.79 Å². The van der Waals surface area contributed by atoms with Gasteiger partial charge in [-0.05, 0) is 32.6 Å². The van der Waals surface area contributed by atoms with Gasteiger partial charge in [0.25, 0.3) is 0 Å². The van der Waals surface area contributed by atoms with Crippen molar-refractivity contribution in [1.29, 1.82) is 0 Å². The van der Waals surface area contributed by atoms with Crippen LogP contribution in [0.3, 0.4) is 0 Å². The molecule has 1 radical (unpaired) electrons. The van der Waals surface area contributed by atoms with E-state index in [9.17, 15) is 9.59 Å². The third-order valence-electron chi connectivity index (χ3n) is 2.52. The van der Waals surface area contributed by atoms with E-state index >= 15 is 0 Å². The smallest absolute Gasteiger partial charge is 0.462 e. The SMILES string of the molecule is C=C(C)C(=O)OC[CH]CCCCC1COC(=O)O1. The van der Waals surface area contributed by atoms with Gasteiger partial charge in [0, 0.05) is 5.57 Å². The lowest BCUT2D eigenvalue weighted by Crippen LogP contribution is -2.09. The van der Waals surface area contributed by atoms with Crippen molar-refractivity contribution in [2.45, 2.75) is 38.7 Å². The Hall–Kier alpha value is -1.52. The summed E-state index contributed by atoms with van der Waals surface area (Å²) in [6, 6.07) is 0. The predicted octanol–water partition coefficient (Wildman–Crippen LogP) is 2.41. The summed E-state index contributed by atoms with van der Waals surface area (Å²) in [5, 5.41) is 0. The minimum Gasteiger partial charge on any atom is -0.462 e. The Kier molecular flexibility index (Phi) is 6.25. The number of carbonyl (C=O) groups excluding carboxylic acids is 2. The van der Waals surface area contributed by atoms with Crippen molar-refractivity contribution in [3.8, 4) is 0 Å². The molecule has 1 aliphatic rings. The highest BCUT2D eigenvalue weighted by atomic mass is 16.8. The van der Waals surface area contributed by atoms with Crippen molar-refractivity contribution in [2.75, 3.05) is 13.2 Å². The van der Waals surface area contributed by atoms with Crippen molar-refractivity contribution >= 4 is 12.1 Å². The van der Waals surface area contributed by atoms with Crippen molar-refractivity contribution in [2.24, 2.45) is 0 Å². The van der Waals surface area contributed by atoms with Crippen LogP contribution in [0.1, 0.15) is 32.6 Å². The number of hydrogen-bond donors (Lipinski definition) is 0. The number of unbranched alkanes of at least 4 members (excludes halogenated alkanes) is 3. The van der Waals surface area contributed by atoms with E-state index in [1.165, 1.54) is 0 Å². The first kappa shape index (κ1) is 14.5. The monoisotopic (exact) mass is 255 g/mol. The van der Waals surface area contributed by atoms with Crippen molar-refractivity contribution in [3.05, 3.63) is 18.6 Å². The Balaban J connectivity index is 1.88. The Morgan fingerprint density at radius 2 is 2.33 bits per heavy atom. The molecule has 1 rings (SSSR count). The van der Waals surface area contributed by atoms with Crippen LogP contribution in [-0.2, 0) is 19.0 Å².